The van der Waals surface area contributed by atoms with E-state index in [9.17, 15) is 0 Å². The average Bonchev–Trinajstić information content (AvgIpc) is 2.16. The smallest absolute Gasteiger partial charge is 0.222 e. The van der Waals surface area contributed by atoms with E-state index in [0.29, 0.717) is 12.0 Å². The average molecular weight is 202 g/mol. The van der Waals surface area contributed by atoms with E-state index >= 15 is 0 Å². The van der Waals surface area contributed by atoms with Gasteiger partial charge in [-0.05, 0) is 26.0 Å². The van der Waals surface area contributed by atoms with Gasteiger partial charge < -0.3 is 11.1 Å². The summed E-state index contributed by atoms with van der Waals surface area (Å²) in [5.41, 5.74) is 6.51. The van der Waals surface area contributed by atoms with Gasteiger partial charge in [-0.3, -0.25) is 0 Å². The van der Waals surface area contributed by atoms with E-state index in [-0.39, 0.29) is 0 Å². The summed E-state index contributed by atoms with van der Waals surface area (Å²) in [6, 6.07) is 8.14. The van der Waals surface area contributed by atoms with Crippen molar-refractivity contribution >= 4 is 22.7 Å². The van der Waals surface area contributed by atoms with Crippen molar-refractivity contribution in [2.45, 2.75) is 19.9 Å². The fourth-order valence-corrected chi connectivity index (χ4v) is 1.48. The Hall–Kier alpha value is -1.84. The lowest BCUT2D eigenvalue weighted by atomic mass is 10.2. The van der Waals surface area contributed by atoms with E-state index in [1.165, 1.54) is 0 Å². The normalized spacial score (nSPS) is 10.9. The Morgan fingerprint density at radius 1 is 1.20 bits per heavy atom. The van der Waals surface area contributed by atoms with Gasteiger partial charge in [0.25, 0.3) is 0 Å². The minimum atomic E-state index is 0.303. The van der Waals surface area contributed by atoms with Gasteiger partial charge in [0.05, 0.1) is 5.52 Å². The van der Waals surface area contributed by atoms with Gasteiger partial charge in [-0.1, -0.05) is 12.1 Å². The first-order chi connectivity index (χ1) is 7.16. The number of fused-ring (bicyclic) bond motifs is 1. The van der Waals surface area contributed by atoms with Crippen LogP contribution in [0.2, 0.25) is 0 Å². The van der Waals surface area contributed by atoms with Crippen molar-refractivity contribution in [1.29, 1.82) is 0 Å². The first-order valence-corrected chi connectivity index (χ1v) is 4.95. The number of para-hydroxylation sites is 1. The molecule has 0 saturated heterocycles. The molecule has 2 aromatic rings. The number of aromatic nitrogens is 2. The summed E-state index contributed by atoms with van der Waals surface area (Å²) in [6.45, 7) is 4.13. The first kappa shape index (κ1) is 9.71. The topological polar surface area (TPSA) is 63.8 Å². The number of hydrogen-bond donors (Lipinski definition) is 2. The molecule has 0 amide bonds. The van der Waals surface area contributed by atoms with E-state index < -0.39 is 0 Å². The molecule has 4 nitrogen and oxygen atoms in total. The van der Waals surface area contributed by atoms with Crippen LogP contribution in [0.4, 0.5) is 11.8 Å². The molecule has 2 rings (SSSR count). The van der Waals surface area contributed by atoms with Crippen LogP contribution in [0.5, 0.6) is 0 Å². The summed E-state index contributed by atoms with van der Waals surface area (Å²) in [7, 11) is 0. The van der Waals surface area contributed by atoms with E-state index in [4.69, 9.17) is 5.73 Å². The van der Waals surface area contributed by atoms with Crippen molar-refractivity contribution in [3.05, 3.63) is 24.3 Å². The second-order valence-corrected chi connectivity index (χ2v) is 3.75. The van der Waals surface area contributed by atoms with Crippen molar-refractivity contribution in [1.82, 2.24) is 9.97 Å². The van der Waals surface area contributed by atoms with Gasteiger partial charge in [-0.2, -0.15) is 4.98 Å². The van der Waals surface area contributed by atoms with Gasteiger partial charge in [0.2, 0.25) is 5.95 Å². The molecule has 0 saturated carbocycles. The van der Waals surface area contributed by atoms with E-state index in [2.05, 4.69) is 29.1 Å². The molecule has 0 aliphatic heterocycles. The number of rotatable bonds is 2. The monoisotopic (exact) mass is 202 g/mol. The van der Waals surface area contributed by atoms with Crippen LogP contribution in [0.15, 0.2) is 24.3 Å². The number of nitrogens with two attached hydrogens (primary N) is 1. The zero-order valence-corrected chi connectivity index (χ0v) is 8.86. The summed E-state index contributed by atoms with van der Waals surface area (Å²) in [5.74, 6) is 1.10. The summed E-state index contributed by atoms with van der Waals surface area (Å²) in [6.07, 6.45) is 0. The molecule has 0 bridgehead atoms. The van der Waals surface area contributed by atoms with Gasteiger partial charge in [-0.15, -0.1) is 0 Å². The summed E-state index contributed by atoms with van der Waals surface area (Å²) >= 11 is 0. The second kappa shape index (κ2) is 3.73. The fourth-order valence-electron chi connectivity index (χ4n) is 1.48. The van der Waals surface area contributed by atoms with Crippen LogP contribution >= 0.6 is 0 Å². The highest BCUT2D eigenvalue weighted by molar-refractivity contribution is 5.89. The minimum Gasteiger partial charge on any atom is -0.368 e. The van der Waals surface area contributed by atoms with Crippen LogP contribution in [0.1, 0.15) is 13.8 Å². The van der Waals surface area contributed by atoms with Gasteiger partial charge >= 0.3 is 0 Å². The Bertz CT molecular complexity index is 479. The maximum absolute atomic E-state index is 5.64. The molecule has 0 spiro atoms. The molecular weight excluding hydrogens is 188 g/mol. The maximum Gasteiger partial charge on any atom is 0.222 e. The molecule has 1 aromatic heterocycles. The van der Waals surface area contributed by atoms with Crippen LogP contribution in [0.3, 0.4) is 0 Å². The van der Waals surface area contributed by atoms with Crippen molar-refractivity contribution in [3.63, 3.8) is 0 Å². The van der Waals surface area contributed by atoms with Crippen LogP contribution in [0, 0.1) is 0 Å². The highest BCUT2D eigenvalue weighted by Crippen LogP contribution is 2.21. The molecule has 0 aliphatic rings. The molecule has 3 N–H and O–H groups in total. The summed E-state index contributed by atoms with van der Waals surface area (Å²) in [4.78, 5) is 8.37. The number of nitrogens with one attached hydrogen (secondary N) is 1. The maximum atomic E-state index is 5.64. The van der Waals surface area contributed by atoms with Gasteiger partial charge in [-0.25, -0.2) is 4.98 Å². The third kappa shape index (κ3) is 1.98. The lowest BCUT2D eigenvalue weighted by molar-refractivity contribution is 0.891. The van der Waals surface area contributed by atoms with Crippen LogP contribution in [0.25, 0.3) is 10.9 Å². The number of anilines is 2. The molecule has 1 heterocycles. The Balaban J connectivity index is 2.60. The fraction of sp³-hybridized carbons (Fsp3) is 0.273. The highest BCUT2D eigenvalue weighted by Gasteiger charge is 2.05. The Morgan fingerprint density at radius 2 is 1.93 bits per heavy atom. The third-order valence-electron chi connectivity index (χ3n) is 2.05. The summed E-state index contributed by atoms with van der Waals surface area (Å²) in [5, 5.41) is 4.26. The number of benzene rings is 1. The van der Waals surface area contributed by atoms with Gasteiger partial charge in [0, 0.05) is 11.4 Å². The Kier molecular flexibility index (Phi) is 2.41. The minimum absolute atomic E-state index is 0.303. The zero-order chi connectivity index (χ0) is 10.8. The number of nitrogen functional groups attached to an aromatic ring is 1. The van der Waals surface area contributed by atoms with Crippen LogP contribution in [-0.4, -0.2) is 16.0 Å². The number of nitrogens with zero attached hydrogens (tertiary/aromatic N) is 2. The van der Waals surface area contributed by atoms with Crippen LogP contribution < -0.4 is 11.1 Å². The third-order valence-corrected chi connectivity index (χ3v) is 2.05. The predicted octanol–water partition coefficient (Wildman–Crippen LogP) is 2.03. The van der Waals surface area contributed by atoms with Gasteiger partial charge in [0.15, 0.2) is 0 Å². The van der Waals surface area contributed by atoms with Crippen molar-refractivity contribution < 1.29 is 0 Å². The first-order valence-electron chi connectivity index (χ1n) is 4.95. The van der Waals surface area contributed by atoms with E-state index in [1.54, 1.807) is 0 Å². The van der Waals surface area contributed by atoms with E-state index in [1.807, 2.05) is 24.3 Å². The molecule has 0 fully saturated rings. The molecule has 0 atom stereocenters. The summed E-state index contributed by atoms with van der Waals surface area (Å²) < 4.78 is 0. The number of hydrogen-bond acceptors (Lipinski definition) is 4. The molecule has 0 radical (unpaired) electrons. The molecular formula is C11H14N4. The molecule has 1 aromatic carbocycles. The molecule has 4 heteroatoms. The second-order valence-electron chi connectivity index (χ2n) is 3.75. The molecule has 15 heavy (non-hydrogen) atoms. The van der Waals surface area contributed by atoms with Crippen molar-refractivity contribution in [2.24, 2.45) is 0 Å². The molecule has 0 aliphatic carbocycles. The molecule has 78 valence electrons. The van der Waals surface area contributed by atoms with E-state index in [0.717, 1.165) is 16.7 Å². The van der Waals surface area contributed by atoms with Crippen molar-refractivity contribution in [2.75, 3.05) is 11.1 Å². The quantitative estimate of drug-likeness (QED) is 0.782. The predicted molar refractivity (Wildman–Crippen MR) is 62.7 cm³/mol. The van der Waals surface area contributed by atoms with Gasteiger partial charge in [0.1, 0.15) is 5.82 Å². The Labute approximate surface area is 88.5 Å². The van der Waals surface area contributed by atoms with Crippen molar-refractivity contribution in [3.8, 4) is 0 Å². The molecule has 0 unspecified atom stereocenters. The highest BCUT2D eigenvalue weighted by atomic mass is 15.1. The zero-order valence-electron chi connectivity index (χ0n) is 8.86. The Morgan fingerprint density at radius 3 is 2.67 bits per heavy atom. The SMILES string of the molecule is CC(C)Nc1nc(N)nc2ccccc12. The lowest BCUT2D eigenvalue weighted by Gasteiger charge is -2.11. The largest absolute Gasteiger partial charge is 0.368 e. The van der Waals surface area contributed by atoms with Crippen LogP contribution in [-0.2, 0) is 0 Å². The lowest BCUT2D eigenvalue weighted by Crippen LogP contribution is -2.12. The standard InChI is InChI=1S/C11H14N4/c1-7(2)13-10-8-5-3-4-6-9(8)14-11(12)15-10/h3-7H,1-2H3,(H3,12,13,14,15).